The summed E-state index contributed by atoms with van der Waals surface area (Å²) in [5, 5.41) is 0. The molecule has 0 bridgehead atoms. The summed E-state index contributed by atoms with van der Waals surface area (Å²) in [6.45, 7) is 4.02. The van der Waals surface area contributed by atoms with Crippen molar-refractivity contribution >= 4 is 25.6 Å². The molecule has 1 aliphatic rings. The van der Waals surface area contributed by atoms with Crippen LogP contribution < -0.4 is 30.5 Å². The molecule has 111 valence electrons. The fraction of sp³-hybridized carbons (Fsp3) is 0.200. The molecule has 0 heterocycles. The van der Waals surface area contributed by atoms with Gasteiger partial charge in [0, 0.05) is 8.41 Å². The van der Waals surface area contributed by atoms with Gasteiger partial charge in [-0.1, -0.05) is 37.7 Å². The van der Waals surface area contributed by atoms with Gasteiger partial charge in [0.05, 0.1) is 0 Å². The number of hydrogen-bond donors (Lipinski definition) is 1. The summed E-state index contributed by atoms with van der Waals surface area (Å²) in [6, 6.07) is 10.4. The Balaban J connectivity index is -0.000000293. The summed E-state index contributed by atoms with van der Waals surface area (Å²) < 4.78 is 0. The molecule has 6 heteroatoms. The molecule has 0 aromatic heterocycles. The Bertz CT molecular complexity index is 498. The Morgan fingerprint density at radius 2 is 1.81 bits per heavy atom. The number of carbonyl (C=O) groups is 1. The number of benzene rings is 1. The Labute approximate surface area is 155 Å². The minimum Gasteiger partial charge on any atom is -1.00 e. The van der Waals surface area contributed by atoms with Gasteiger partial charge in [0.1, 0.15) is 0 Å². The van der Waals surface area contributed by atoms with E-state index in [4.69, 9.17) is 5.73 Å². The summed E-state index contributed by atoms with van der Waals surface area (Å²) in [6.07, 6.45) is 8.49. The van der Waals surface area contributed by atoms with Gasteiger partial charge in [-0.25, -0.2) is 0 Å². The van der Waals surface area contributed by atoms with Gasteiger partial charge in [-0.05, 0) is 5.67 Å². The quantitative estimate of drug-likeness (QED) is 0.422. The van der Waals surface area contributed by atoms with Crippen LogP contribution in [0.1, 0.15) is 12.0 Å². The smallest absolute Gasteiger partial charge is 1.00 e. The predicted octanol–water partition coefficient (Wildman–Crippen LogP) is -3.55. The Morgan fingerprint density at radius 1 is 1.24 bits per heavy atom. The molecule has 0 aliphatic heterocycles. The molecule has 0 saturated heterocycles. The van der Waals surface area contributed by atoms with E-state index in [1.165, 1.54) is 11.1 Å². The number of amides is 1. The minimum absolute atomic E-state index is 0. The Hall–Kier alpha value is -0.449. The van der Waals surface area contributed by atoms with Crippen molar-refractivity contribution in [2.45, 2.75) is 19.5 Å². The average molecular weight is 375 g/mol. The zero-order chi connectivity index (χ0) is 13.4. The maximum Gasteiger partial charge on any atom is 3.00 e. The molecule has 2 N–H and O–H groups in total. The molecule has 0 atom stereocenters. The monoisotopic (exact) mass is 374 g/mol. The molecule has 2 nitrogen and oxygen atoms in total. The molecule has 1 aliphatic carbocycles. The van der Waals surface area contributed by atoms with Gasteiger partial charge in [0.15, 0.2) is 0 Å². The molecular weight excluding hydrogens is 357 g/mol. The van der Waals surface area contributed by atoms with Crippen molar-refractivity contribution in [1.29, 1.82) is 0 Å². The number of rotatable bonds is 2. The van der Waals surface area contributed by atoms with E-state index in [1.54, 1.807) is 5.67 Å². The topological polar surface area (TPSA) is 43.1 Å². The van der Waals surface area contributed by atoms with Gasteiger partial charge in [0.25, 0.3) is 0 Å². The summed E-state index contributed by atoms with van der Waals surface area (Å²) in [5.41, 5.74) is 8.89. The van der Waals surface area contributed by atoms with Crippen molar-refractivity contribution in [3.05, 3.63) is 54.1 Å². The molecule has 0 unspecified atom stereocenters. The van der Waals surface area contributed by atoms with Crippen LogP contribution in [0.4, 0.5) is 0 Å². The molecule has 21 heavy (non-hydrogen) atoms. The van der Waals surface area contributed by atoms with Gasteiger partial charge < -0.3 is 30.5 Å². The predicted molar refractivity (Wildman–Crippen MR) is 79.6 cm³/mol. The summed E-state index contributed by atoms with van der Waals surface area (Å²) in [7, 11) is -0.534. The van der Waals surface area contributed by atoms with Crippen molar-refractivity contribution in [2.75, 3.05) is 0 Å². The third-order valence-electron chi connectivity index (χ3n) is 2.21. The largest absolute Gasteiger partial charge is 3.00 e. The van der Waals surface area contributed by atoms with E-state index in [2.05, 4.69) is 42.5 Å². The average Bonchev–Trinajstić information content (AvgIpc) is 2.82. The van der Waals surface area contributed by atoms with Crippen LogP contribution in [-0.4, -0.2) is 20.0 Å². The molecule has 1 radical (unpaired) electrons. The summed E-state index contributed by atoms with van der Waals surface area (Å²) >= 11 is 0. The molecular formula is C15H18Cl2NOSiTi. The first kappa shape index (κ1) is 25.5. The Kier molecular flexibility index (Phi) is 17.6. The van der Waals surface area contributed by atoms with Crippen LogP contribution in [0.15, 0.2) is 42.5 Å². The molecule has 1 amide bonds. The number of hydrogen-bond acceptors (Lipinski definition) is 1. The van der Waals surface area contributed by atoms with Crippen LogP contribution in [0.5, 0.6) is 0 Å². The fourth-order valence-electron chi connectivity index (χ4n) is 1.51. The minimum atomic E-state index is -0.534. The second kappa shape index (κ2) is 14.5. The van der Waals surface area contributed by atoms with Crippen LogP contribution in [0.2, 0.25) is 13.1 Å². The Morgan fingerprint density at radius 3 is 2.14 bits per heavy atom. The first-order valence-corrected chi connectivity index (χ1v) is 8.44. The summed E-state index contributed by atoms with van der Waals surface area (Å²) in [5.74, 6) is -0.293. The fourth-order valence-corrected chi connectivity index (χ4v) is 2.07. The second-order valence-electron chi connectivity index (χ2n) is 4.19. The zero-order valence-corrected chi connectivity index (χ0v) is 16.1. The van der Waals surface area contributed by atoms with E-state index in [-0.39, 0.29) is 52.4 Å². The van der Waals surface area contributed by atoms with Crippen LogP contribution in [0, 0.1) is 6.08 Å². The molecule has 2 rings (SSSR count). The van der Waals surface area contributed by atoms with Crippen molar-refractivity contribution in [3.63, 3.8) is 0 Å². The van der Waals surface area contributed by atoms with E-state index in [0.717, 1.165) is 6.42 Å². The molecule has 0 saturated carbocycles. The molecule has 1 aromatic rings. The second-order valence-corrected chi connectivity index (χ2v) is 6.63. The van der Waals surface area contributed by atoms with Crippen molar-refractivity contribution in [3.8, 4) is 0 Å². The maximum absolute atomic E-state index is 10.0. The van der Waals surface area contributed by atoms with Crippen molar-refractivity contribution in [1.82, 2.24) is 0 Å². The zero-order valence-electron chi connectivity index (χ0n) is 12.1. The van der Waals surface area contributed by atoms with Crippen molar-refractivity contribution < 1.29 is 51.3 Å². The van der Waals surface area contributed by atoms with E-state index in [9.17, 15) is 4.79 Å². The third kappa shape index (κ3) is 11.8. The van der Waals surface area contributed by atoms with Crippen LogP contribution in [-0.2, 0) is 26.5 Å². The summed E-state index contributed by atoms with van der Waals surface area (Å²) in [4.78, 5) is 10.0. The van der Waals surface area contributed by atoms with E-state index < -0.39 is 8.41 Å². The molecule has 1 aromatic carbocycles. The van der Waals surface area contributed by atoms with Gasteiger partial charge in [-0.2, -0.15) is 17.7 Å². The van der Waals surface area contributed by atoms with Crippen LogP contribution in [0.25, 0.3) is 5.57 Å². The number of allylic oxidation sites excluding steroid dienone is 4. The van der Waals surface area contributed by atoms with Crippen LogP contribution in [0.3, 0.4) is 0 Å². The maximum atomic E-state index is 10.0. The van der Waals surface area contributed by atoms with Gasteiger partial charge >= 0.3 is 21.7 Å². The van der Waals surface area contributed by atoms with E-state index in [1.807, 2.05) is 19.2 Å². The SMILES string of the molecule is C[Si](C)=CC(N)=O.[C-]1=C(c2ccccc2)C=CC1.[Cl-].[Cl-].[Ti+3]. The molecule has 0 spiro atoms. The van der Waals surface area contributed by atoms with Crippen molar-refractivity contribution in [2.24, 2.45) is 5.73 Å². The van der Waals surface area contributed by atoms with E-state index in [0.29, 0.717) is 0 Å². The number of carbonyl (C=O) groups excluding carboxylic acids is 1. The van der Waals surface area contributed by atoms with Gasteiger partial charge in [-0.3, -0.25) is 4.79 Å². The molecule has 0 fully saturated rings. The number of nitrogens with two attached hydrogens (primary N) is 1. The first-order valence-electron chi connectivity index (χ1n) is 5.86. The van der Waals surface area contributed by atoms with Gasteiger partial charge in [0.2, 0.25) is 5.91 Å². The number of primary amides is 1. The number of halogens is 2. The van der Waals surface area contributed by atoms with E-state index >= 15 is 0 Å². The first-order chi connectivity index (χ1) is 8.59. The van der Waals surface area contributed by atoms with Crippen LogP contribution >= 0.6 is 0 Å². The normalized spacial score (nSPS) is 10.5. The standard InChI is InChI=1S/C11H9.C4H9NOSi.2ClH.Ti/c1-2-6-10(7-3-1)11-8-4-5-9-11;1-7(2)3-4(5)6;;;/h1-4,6-8H,5H2;3H,1-2H3,(H2,5,6);2*1H;/q-1;;;;+3/p-2. The third-order valence-corrected chi connectivity index (χ3v) is 3.07. The van der Waals surface area contributed by atoms with Gasteiger partial charge in [-0.15, -0.1) is 23.8 Å².